The van der Waals surface area contributed by atoms with Gasteiger partial charge in [-0.05, 0) is 49.9 Å². The summed E-state index contributed by atoms with van der Waals surface area (Å²) in [5.74, 6) is -0.232. The number of rotatable bonds is 5. The topological polar surface area (TPSA) is 88.5 Å². The van der Waals surface area contributed by atoms with Gasteiger partial charge in [0.05, 0.1) is 17.7 Å². The number of amides is 1. The highest BCUT2D eigenvalue weighted by molar-refractivity contribution is 5.97. The third-order valence-corrected chi connectivity index (χ3v) is 4.41. The average Bonchev–Trinajstić information content (AvgIpc) is 2.63. The lowest BCUT2D eigenvalue weighted by molar-refractivity contribution is -0.142. The molecule has 1 aliphatic carbocycles. The Bertz CT molecular complexity index is 740. The number of carboxylic acid groups (broad SMARTS) is 1. The zero-order valence-electron chi connectivity index (χ0n) is 13.7. The Morgan fingerprint density at radius 2 is 1.84 bits per heavy atom. The van der Waals surface area contributed by atoms with Gasteiger partial charge in [-0.15, -0.1) is 0 Å². The average molecular weight is 340 g/mol. The van der Waals surface area contributed by atoms with Crippen LogP contribution in [0.25, 0.3) is 0 Å². The molecule has 25 heavy (non-hydrogen) atoms. The molecule has 0 saturated heterocycles. The van der Waals surface area contributed by atoms with E-state index in [1.165, 1.54) is 0 Å². The van der Waals surface area contributed by atoms with Crippen LogP contribution in [0.15, 0.2) is 48.8 Å². The minimum Gasteiger partial charge on any atom is -0.481 e. The van der Waals surface area contributed by atoms with E-state index in [9.17, 15) is 9.59 Å². The molecule has 2 N–H and O–H groups in total. The first-order valence-corrected chi connectivity index (χ1v) is 8.34. The summed E-state index contributed by atoms with van der Waals surface area (Å²) in [6, 6.07) is 10.6. The zero-order chi connectivity index (χ0) is 17.6. The summed E-state index contributed by atoms with van der Waals surface area (Å²) in [6.45, 7) is 0. The van der Waals surface area contributed by atoms with Crippen molar-refractivity contribution in [1.82, 2.24) is 10.3 Å². The largest absolute Gasteiger partial charge is 0.481 e. The van der Waals surface area contributed by atoms with Crippen molar-refractivity contribution in [3.05, 3.63) is 54.4 Å². The Hall–Kier alpha value is -2.89. The number of benzene rings is 1. The Kier molecular flexibility index (Phi) is 5.28. The fraction of sp³-hybridized carbons (Fsp3) is 0.316. The Morgan fingerprint density at radius 3 is 2.52 bits per heavy atom. The van der Waals surface area contributed by atoms with Crippen LogP contribution in [-0.2, 0) is 4.79 Å². The van der Waals surface area contributed by atoms with E-state index in [1.807, 2.05) is 0 Å². The molecule has 2 aromatic rings. The summed E-state index contributed by atoms with van der Waals surface area (Å²) < 4.78 is 5.77. The van der Waals surface area contributed by atoms with Gasteiger partial charge in [-0.25, -0.2) is 0 Å². The molecule has 1 fully saturated rings. The van der Waals surface area contributed by atoms with Crippen LogP contribution in [0, 0.1) is 5.92 Å². The quantitative estimate of drug-likeness (QED) is 0.872. The second-order valence-corrected chi connectivity index (χ2v) is 6.15. The molecule has 3 rings (SSSR count). The molecular weight excluding hydrogens is 320 g/mol. The molecule has 1 aliphatic rings. The van der Waals surface area contributed by atoms with E-state index in [0.29, 0.717) is 42.7 Å². The molecule has 0 bridgehead atoms. The SMILES string of the molecule is O=C(NC1CCC(C(=O)O)CC1)c1ccccc1Oc1cccnc1. The van der Waals surface area contributed by atoms with E-state index in [-0.39, 0.29) is 17.9 Å². The predicted molar refractivity (Wildman–Crippen MR) is 91.6 cm³/mol. The maximum Gasteiger partial charge on any atom is 0.306 e. The van der Waals surface area contributed by atoms with Gasteiger partial charge in [-0.1, -0.05) is 12.1 Å². The lowest BCUT2D eigenvalue weighted by atomic mass is 9.86. The van der Waals surface area contributed by atoms with E-state index in [0.717, 1.165) is 0 Å². The minimum absolute atomic E-state index is 0.00505. The second-order valence-electron chi connectivity index (χ2n) is 6.15. The molecular formula is C19H20N2O4. The van der Waals surface area contributed by atoms with Crippen LogP contribution in [-0.4, -0.2) is 28.0 Å². The number of nitrogens with one attached hydrogen (secondary N) is 1. The van der Waals surface area contributed by atoms with Gasteiger partial charge in [0.25, 0.3) is 5.91 Å². The van der Waals surface area contributed by atoms with Gasteiger partial charge in [0.15, 0.2) is 0 Å². The minimum atomic E-state index is -0.750. The number of pyridine rings is 1. The van der Waals surface area contributed by atoms with Crippen LogP contribution in [0.3, 0.4) is 0 Å². The standard InChI is InChI=1S/C19H20N2O4/c22-18(21-14-9-7-13(8-10-14)19(23)24)16-5-1-2-6-17(16)25-15-4-3-11-20-12-15/h1-6,11-14H,7-10H2,(H,21,22)(H,23,24). The molecule has 130 valence electrons. The summed E-state index contributed by atoms with van der Waals surface area (Å²) in [5, 5.41) is 12.0. The highest BCUT2D eigenvalue weighted by Gasteiger charge is 2.27. The first kappa shape index (κ1) is 17.0. The van der Waals surface area contributed by atoms with Crippen LogP contribution in [0.5, 0.6) is 11.5 Å². The highest BCUT2D eigenvalue weighted by atomic mass is 16.5. The number of carbonyl (C=O) groups excluding carboxylic acids is 1. The predicted octanol–water partition coefficient (Wildman–Crippen LogP) is 3.25. The fourth-order valence-corrected chi connectivity index (χ4v) is 3.03. The van der Waals surface area contributed by atoms with Crippen molar-refractivity contribution in [2.75, 3.05) is 0 Å². The molecule has 1 saturated carbocycles. The van der Waals surface area contributed by atoms with Crippen molar-refractivity contribution in [3.8, 4) is 11.5 Å². The monoisotopic (exact) mass is 340 g/mol. The van der Waals surface area contributed by atoms with Gasteiger partial charge >= 0.3 is 5.97 Å². The molecule has 6 heteroatoms. The molecule has 0 radical (unpaired) electrons. The van der Waals surface area contributed by atoms with Crippen molar-refractivity contribution >= 4 is 11.9 Å². The Morgan fingerprint density at radius 1 is 1.08 bits per heavy atom. The summed E-state index contributed by atoms with van der Waals surface area (Å²) in [5.41, 5.74) is 0.451. The van der Waals surface area contributed by atoms with E-state index in [2.05, 4.69) is 10.3 Å². The van der Waals surface area contributed by atoms with Crippen molar-refractivity contribution in [1.29, 1.82) is 0 Å². The number of para-hydroxylation sites is 1. The number of aliphatic carboxylic acids is 1. The lowest BCUT2D eigenvalue weighted by Gasteiger charge is -2.27. The van der Waals surface area contributed by atoms with Crippen molar-refractivity contribution in [2.24, 2.45) is 5.92 Å². The lowest BCUT2D eigenvalue weighted by Crippen LogP contribution is -2.38. The molecule has 0 spiro atoms. The highest BCUT2D eigenvalue weighted by Crippen LogP contribution is 2.27. The summed E-state index contributed by atoms with van der Waals surface area (Å²) >= 11 is 0. The van der Waals surface area contributed by atoms with Crippen LogP contribution < -0.4 is 10.1 Å². The first-order valence-electron chi connectivity index (χ1n) is 8.34. The van der Waals surface area contributed by atoms with Gasteiger partial charge in [0, 0.05) is 12.2 Å². The van der Waals surface area contributed by atoms with E-state index < -0.39 is 5.97 Å². The van der Waals surface area contributed by atoms with Gasteiger partial charge in [0.1, 0.15) is 11.5 Å². The molecule has 6 nitrogen and oxygen atoms in total. The number of nitrogens with zero attached hydrogens (tertiary/aromatic N) is 1. The molecule has 1 aromatic carbocycles. The number of carboxylic acids is 1. The fourth-order valence-electron chi connectivity index (χ4n) is 3.03. The molecule has 0 unspecified atom stereocenters. The zero-order valence-corrected chi connectivity index (χ0v) is 13.7. The van der Waals surface area contributed by atoms with Crippen LogP contribution >= 0.6 is 0 Å². The first-order chi connectivity index (χ1) is 12.1. The molecule has 0 aliphatic heterocycles. The summed E-state index contributed by atoms with van der Waals surface area (Å²) in [4.78, 5) is 27.6. The summed E-state index contributed by atoms with van der Waals surface area (Å²) in [6.07, 6.45) is 5.77. The van der Waals surface area contributed by atoms with E-state index >= 15 is 0 Å². The Labute approximate surface area is 145 Å². The van der Waals surface area contributed by atoms with Crippen molar-refractivity contribution < 1.29 is 19.4 Å². The van der Waals surface area contributed by atoms with Gasteiger partial charge in [-0.3, -0.25) is 14.6 Å². The van der Waals surface area contributed by atoms with Crippen LogP contribution in [0.4, 0.5) is 0 Å². The maximum atomic E-state index is 12.6. The van der Waals surface area contributed by atoms with Crippen LogP contribution in [0.1, 0.15) is 36.0 Å². The Balaban J connectivity index is 1.66. The number of hydrogen-bond acceptors (Lipinski definition) is 4. The second kappa shape index (κ2) is 7.79. The smallest absolute Gasteiger partial charge is 0.306 e. The number of aromatic nitrogens is 1. The number of ether oxygens (including phenoxy) is 1. The molecule has 1 amide bonds. The van der Waals surface area contributed by atoms with Crippen LogP contribution in [0.2, 0.25) is 0 Å². The molecule has 0 atom stereocenters. The normalized spacial score (nSPS) is 19.8. The van der Waals surface area contributed by atoms with Crippen molar-refractivity contribution in [2.45, 2.75) is 31.7 Å². The van der Waals surface area contributed by atoms with Gasteiger partial charge in [-0.2, -0.15) is 0 Å². The number of carbonyl (C=O) groups is 2. The van der Waals surface area contributed by atoms with Gasteiger partial charge < -0.3 is 15.2 Å². The molecule has 1 aromatic heterocycles. The summed E-state index contributed by atoms with van der Waals surface area (Å²) in [7, 11) is 0. The third-order valence-electron chi connectivity index (χ3n) is 4.41. The third kappa shape index (κ3) is 4.35. The van der Waals surface area contributed by atoms with Crippen molar-refractivity contribution in [3.63, 3.8) is 0 Å². The number of hydrogen-bond donors (Lipinski definition) is 2. The maximum absolute atomic E-state index is 12.6. The van der Waals surface area contributed by atoms with E-state index in [4.69, 9.17) is 9.84 Å². The van der Waals surface area contributed by atoms with E-state index in [1.54, 1.807) is 48.8 Å². The molecule has 1 heterocycles. The van der Waals surface area contributed by atoms with Gasteiger partial charge in [0.2, 0.25) is 0 Å².